The first-order chi connectivity index (χ1) is 12.6. The maximum absolute atomic E-state index is 14.1. The van der Waals surface area contributed by atoms with E-state index in [1.165, 1.54) is 24.7 Å². The van der Waals surface area contributed by atoms with Crippen molar-refractivity contribution < 1.29 is 18.7 Å². The zero-order valence-electron chi connectivity index (χ0n) is 14.0. The van der Waals surface area contributed by atoms with Gasteiger partial charge in [-0.05, 0) is 30.2 Å². The first-order valence-electron chi connectivity index (χ1n) is 8.22. The number of para-hydroxylation sites is 1. The number of benzene rings is 2. The summed E-state index contributed by atoms with van der Waals surface area (Å²) in [6, 6.07) is 11.8. The molecule has 0 saturated carbocycles. The molecule has 1 aromatic heterocycles. The number of nitrogens with zero attached hydrogens (tertiary/aromatic N) is 2. The number of aromatic nitrogens is 2. The van der Waals surface area contributed by atoms with E-state index in [9.17, 15) is 14.0 Å². The van der Waals surface area contributed by atoms with E-state index in [4.69, 9.17) is 4.74 Å². The summed E-state index contributed by atoms with van der Waals surface area (Å²) in [6.07, 6.45) is 3.11. The molecule has 4 rings (SSSR count). The molecule has 3 aromatic rings. The third-order valence-corrected chi connectivity index (χ3v) is 4.50. The fraction of sp³-hybridized carbons (Fsp3) is 0.150. The van der Waals surface area contributed by atoms with Crippen molar-refractivity contribution in [1.82, 2.24) is 9.55 Å². The molecule has 5 nitrogen and oxygen atoms in total. The van der Waals surface area contributed by atoms with Gasteiger partial charge < -0.3 is 4.74 Å². The summed E-state index contributed by atoms with van der Waals surface area (Å²) in [5, 5.41) is 0. The number of ether oxygens (including phenoxy) is 1. The van der Waals surface area contributed by atoms with Crippen molar-refractivity contribution in [1.29, 1.82) is 0 Å². The molecule has 6 heteroatoms. The second kappa shape index (κ2) is 6.22. The highest BCUT2D eigenvalue weighted by Crippen LogP contribution is 2.40. The van der Waals surface area contributed by atoms with Gasteiger partial charge in [0, 0.05) is 17.7 Å². The lowest BCUT2D eigenvalue weighted by Gasteiger charge is -2.11. The van der Waals surface area contributed by atoms with E-state index in [2.05, 4.69) is 4.98 Å². The molecular formula is C20H15FN2O3. The maximum atomic E-state index is 14.1. The Hall–Kier alpha value is -3.28. The Balaban J connectivity index is 1.70. The molecule has 130 valence electrons. The van der Waals surface area contributed by atoms with Crippen LogP contribution in [0.4, 0.5) is 4.39 Å². The largest absolute Gasteiger partial charge is 0.421 e. The fourth-order valence-electron chi connectivity index (χ4n) is 3.30. The second-order valence-corrected chi connectivity index (χ2v) is 6.24. The molecule has 1 heterocycles. The molecule has 2 aromatic carbocycles. The molecule has 0 fully saturated rings. The van der Waals surface area contributed by atoms with Gasteiger partial charge in [-0.25, -0.2) is 14.2 Å². The van der Waals surface area contributed by atoms with Crippen LogP contribution < -0.4 is 4.74 Å². The number of ketones is 1. The van der Waals surface area contributed by atoms with Gasteiger partial charge >= 0.3 is 5.97 Å². The summed E-state index contributed by atoms with van der Waals surface area (Å²) in [5.74, 6) is -1.47. The molecule has 0 bridgehead atoms. The van der Waals surface area contributed by atoms with E-state index in [1.54, 1.807) is 11.5 Å². The molecule has 1 aliphatic carbocycles. The highest BCUT2D eigenvalue weighted by atomic mass is 19.1. The minimum absolute atomic E-state index is 0.0848. The lowest BCUT2D eigenvalue weighted by molar-refractivity contribution is 0.0724. The summed E-state index contributed by atoms with van der Waals surface area (Å²) in [7, 11) is 0. The van der Waals surface area contributed by atoms with E-state index in [-0.39, 0.29) is 35.1 Å². The van der Waals surface area contributed by atoms with E-state index in [1.807, 2.05) is 30.3 Å². The zero-order chi connectivity index (χ0) is 18.3. The van der Waals surface area contributed by atoms with E-state index in [0.29, 0.717) is 5.56 Å². The number of hydrogen-bond acceptors (Lipinski definition) is 4. The Morgan fingerprint density at radius 3 is 2.77 bits per heavy atom. The van der Waals surface area contributed by atoms with Crippen LogP contribution in [0.1, 0.15) is 45.7 Å². The molecule has 26 heavy (non-hydrogen) atoms. The molecule has 0 spiro atoms. The van der Waals surface area contributed by atoms with Crippen LogP contribution >= 0.6 is 0 Å². The monoisotopic (exact) mass is 350 g/mol. The van der Waals surface area contributed by atoms with Crippen molar-refractivity contribution in [3.05, 3.63) is 77.6 Å². The summed E-state index contributed by atoms with van der Waals surface area (Å²) in [6.45, 7) is 1.78. The minimum Gasteiger partial charge on any atom is -0.421 e. The number of Topliss-reactive ketones (excluding diaryl/α,β-unsaturated/α-hetero) is 1. The number of esters is 1. The van der Waals surface area contributed by atoms with Crippen LogP contribution in [0, 0.1) is 5.82 Å². The second-order valence-electron chi connectivity index (χ2n) is 6.24. The standard InChI is InChI=1S/C20H15FN2O3/c1-12-9-16(24)19-17(8-7-14(21)18(12)19)26-20(25)15-10-22-11-23(15)13-5-3-2-4-6-13/h2-8,10-12H,9H2,1H3. The number of hydrogen-bond donors (Lipinski definition) is 0. The lowest BCUT2D eigenvalue weighted by atomic mass is 10.0. The summed E-state index contributed by atoms with van der Waals surface area (Å²) in [5.41, 5.74) is 1.45. The minimum atomic E-state index is -0.660. The predicted molar refractivity (Wildman–Crippen MR) is 92.3 cm³/mol. The van der Waals surface area contributed by atoms with Gasteiger partial charge in [0.2, 0.25) is 0 Å². The Labute approximate surface area is 149 Å². The summed E-state index contributed by atoms with van der Waals surface area (Å²) in [4.78, 5) is 28.9. The molecule has 1 atom stereocenters. The Morgan fingerprint density at radius 2 is 2.00 bits per heavy atom. The Bertz CT molecular complexity index is 1010. The van der Waals surface area contributed by atoms with Crippen LogP contribution in [-0.4, -0.2) is 21.3 Å². The van der Waals surface area contributed by atoms with Gasteiger partial charge in [0.1, 0.15) is 11.6 Å². The lowest BCUT2D eigenvalue weighted by Crippen LogP contribution is -2.15. The molecule has 0 N–H and O–H groups in total. The molecule has 0 radical (unpaired) electrons. The van der Waals surface area contributed by atoms with Gasteiger partial charge in [0.25, 0.3) is 0 Å². The van der Waals surface area contributed by atoms with Gasteiger partial charge in [-0.2, -0.15) is 0 Å². The fourth-order valence-corrected chi connectivity index (χ4v) is 3.30. The Morgan fingerprint density at radius 1 is 1.23 bits per heavy atom. The van der Waals surface area contributed by atoms with E-state index >= 15 is 0 Å². The molecule has 0 amide bonds. The topological polar surface area (TPSA) is 61.2 Å². The first-order valence-corrected chi connectivity index (χ1v) is 8.22. The number of rotatable bonds is 3. The quantitative estimate of drug-likeness (QED) is 0.531. The molecule has 1 aliphatic rings. The third-order valence-electron chi connectivity index (χ3n) is 4.50. The highest BCUT2D eigenvalue weighted by Gasteiger charge is 2.33. The van der Waals surface area contributed by atoms with Crippen molar-refractivity contribution in [2.45, 2.75) is 19.3 Å². The molecule has 0 aliphatic heterocycles. The average Bonchev–Trinajstić information content (AvgIpc) is 3.23. The number of imidazole rings is 1. The normalized spacial score (nSPS) is 15.8. The maximum Gasteiger partial charge on any atom is 0.362 e. The highest BCUT2D eigenvalue weighted by molar-refractivity contribution is 6.04. The summed E-state index contributed by atoms with van der Waals surface area (Å²) >= 11 is 0. The van der Waals surface area contributed by atoms with Crippen molar-refractivity contribution >= 4 is 11.8 Å². The van der Waals surface area contributed by atoms with Gasteiger partial charge in [-0.3, -0.25) is 9.36 Å². The number of halogens is 1. The number of fused-ring (bicyclic) bond motifs is 1. The Kier molecular flexibility index (Phi) is 3.88. The van der Waals surface area contributed by atoms with Crippen LogP contribution in [0.15, 0.2) is 55.0 Å². The summed E-state index contributed by atoms with van der Waals surface area (Å²) < 4.78 is 21.1. The van der Waals surface area contributed by atoms with Crippen LogP contribution in [0.2, 0.25) is 0 Å². The third kappa shape index (κ3) is 2.60. The molecular weight excluding hydrogens is 335 g/mol. The smallest absolute Gasteiger partial charge is 0.362 e. The van der Waals surface area contributed by atoms with Crippen molar-refractivity contribution in [2.75, 3.05) is 0 Å². The van der Waals surface area contributed by atoms with Crippen LogP contribution in [0.25, 0.3) is 5.69 Å². The number of carbonyl (C=O) groups excluding carboxylic acids is 2. The SMILES string of the molecule is CC1CC(=O)c2c(OC(=O)c3cncn3-c3ccccc3)ccc(F)c21. The molecule has 1 unspecified atom stereocenters. The van der Waals surface area contributed by atoms with Crippen LogP contribution in [-0.2, 0) is 0 Å². The van der Waals surface area contributed by atoms with Crippen LogP contribution in [0.3, 0.4) is 0 Å². The van der Waals surface area contributed by atoms with Crippen molar-refractivity contribution in [3.8, 4) is 11.4 Å². The van der Waals surface area contributed by atoms with Gasteiger partial charge in [0.15, 0.2) is 11.5 Å². The predicted octanol–water partition coefficient (Wildman–Crippen LogP) is 3.92. The van der Waals surface area contributed by atoms with Gasteiger partial charge in [-0.15, -0.1) is 0 Å². The van der Waals surface area contributed by atoms with Crippen molar-refractivity contribution in [3.63, 3.8) is 0 Å². The van der Waals surface area contributed by atoms with E-state index < -0.39 is 11.8 Å². The zero-order valence-corrected chi connectivity index (χ0v) is 14.0. The first kappa shape index (κ1) is 16.2. The average molecular weight is 350 g/mol. The van der Waals surface area contributed by atoms with Gasteiger partial charge in [0.05, 0.1) is 18.1 Å². The van der Waals surface area contributed by atoms with E-state index in [0.717, 1.165) is 5.69 Å². The van der Waals surface area contributed by atoms with Crippen molar-refractivity contribution in [2.24, 2.45) is 0 Å². The van der Waals surface area contributed by atoms with Crippen LogP contribution in [0.5, 0.6) is 5.75 Å². The molecule has 0 saturated heterocycles. The number of carbonyl (C=O) groups is 2. The van der Waals surface area contributed by atoms with Gasteiger partial charge in [-0.1, -0.05) is 25.1 Å².